The Morgan fingerprint density at radius 1 is 1.20 bits per heavy atom. The van der Waals surface area contributed by atoms with Crippen molar-refractivity contribution in [3.63, 3.8) is 0 Å². The number of hydrogen-bond donors (Lipinski definition) is 4. The quantitative estimate of drug-likeness (QED) is 0.305. The van der Waals surface area contributed by atoms with Crippen molar-refractivity contribution < 1.29 is 32.6 Å². The number of aliphatic hydroxyl groups excluding tert-OH is 2. The molecule has 4 unspecified atom stereocenters. The summed E-state index contributed by atoms with van der Waals surface area (Å²) in [5.41, 5.74) is -3.77. The van der Waals surface area contributed by atoms with Gasteiger partial charge in [-0.05, 0) is 53.6 Å². The van der Waals surface area contributed by atoms with Crippen molar-refractivity contribution in [3.05, 3.63) is 69.0 Å². The van der Waals surface area contributed by atoms with Gasteiger partial charge in [-0.25, -0.2) is 4.39 Å². The van der Waals surface area contributed by atoms with E-state index in [2.05, 4.69) is 16.7 Å². The van der Waals surface area contributed by atoms with Crippen LogP contribution in [-0.4, -0.2) is 47.5 Å². The average Bonchev–Trinajstić information content (AvgIpc) is 3.18. The molecule has 12 heteroatoms. The monoisotopic (exact) mass is 603 g/mol. The Hall–Kier alpha value is -2.42. The molecule has 0 spiro atoms. The number of halogens is 6. The Kier molecular flexibility index (Phi) is 9.80. The van der Waals surface area contributed by atoms with E-state index in [0.717, 1.165) is 18.2 Å². The number of nitrogens with one attached hydrogen (secondary N) is 2. The van der Waals surface area contributed by atoms with E-state index in [4.69, 9.17) is 28.3 Å². The Balaban J connectivity index is 2.31. The molecule has 3 rings (SSSR count). The minimum atomic E-state index is -4.89. The molecule has 5 atom stereocenters. The molecule has 0 radical (unpaired) electrons. The van der Waals surface area contributed by atoms with Gasteiger partial charge in [-0.3, -0.25) is 4.79 Å². The predicted octanol–water partition coefficient (Wildman–Crippen LogP) is 5.33. The number of aliphatic hydroxyl groups is 2. The van der Waals surface area contributed by atoms with Crippen molar-refractivity contribution in [2.24, 2.45) is 5.41 Å². The zero-order valence-electron chi connectivity index (χ0n) is 22.1. The van der Waals surface area contributed by atoms with Crippen LogP contribution in [0.1, 0.15) is 56.2 Å². The molecule has 1 amide bonds. The molecule has 0 aliphatic carbocycles. The van der Waals surface area contributed by atoms with Gasteiger partial charge in [0.2, 0.25) is 5.91 Å². The predicted molar refractivity (Wildman–Crippen MR) is 143 cm³/mol. The number of benzene rings is 2. The number of carbonyl (C=O) groups excluding carboxylic acids is 1. The first-order valence-electron chi connectivity index (χ1n) is 12.6. The molecule has 4 N–H and O–H groups in total. The van der Waals surface area contributed by atoms with Crippen LogP contribution < -0.4 is 10.6 Å². The standard InChI is InChI=1S/C28H31Cl2F4N3O3/c1-26(2,3)12-22-27(14-35,18-6-5-16(29)11-19(18)28(32,33)34)23(15-4-7-21(31)20(30)10-15)24(37-22)25(40)36-9-8-17(39)13-38/h4-7,10-11,17,22-24,37-39H,8-9,12-13H2,1-3H3,(H,36,40)/t17-,22?,23?,24?,27?/m0/s1. The maximum atomic E-state index is 14.4. The van der Waals surface area contributed by atoms with Crippen molar-refractivity contribution in [2.45, 2.75) is 69.3 Å². The van der Waals surface area contributed by atoms with Crippen LogP contribution in [0.4, 0.5) is 17.6 Å². The van der Waals surface area contributed by atoms with E-state index in [-0.39, 0.29) is 40.6 Å². The third-order valence-corrected chi connectivity index (χ3v) is 7.59. The molecule has 1 heterocycles. The summed E-state index contributed by atoms with van der Waals surface area (Å²) in [6.45, 7) is 5.01. The zero-order valence-corrected chi connectivity index (χ0v) is 23.6. The number of rotatable bonds is 8. The summed E-state index contributed by atoms with van der Waals surface area (Å²) < 4.78 is 57.5. The summed E-state index contributed by atoms with van der Waals surface area (Å²) >= 11 is 12.0. The maximum absolute atomic E-state index is 14.4. The summed E-state index contributed by atoms with van der Waals surface area (Å²) in [5, 5.41) is 34.8. The van der Waals surface area contributed by atoms with Crippen molar-refractivity contribution in [3.8, 4) is 6.07 Å². The summed E-state index contributed by atoms with van der Waals surface area (Å²) in [5.74, 6) is -2.66. The fraction of sp³-hybridized carbons (Fsp3) is 0.500. The van der Waals surface area contributed by atoms with E-state index >= 15 is 0 Å². The van der Waals surface area contributed by atoms with Gasteiger partial charge in [0.1, 0.15) is 11.2 Å². The molecule has 2 aromatic carbocycles. The molecule has 1 saturated heterocycles. The first-order chi connectivity index (χ1) is 18.5. The van der Waals surface area contributed by atoms with Crippen molar-refractivity contribution in [1.82, 2.24) is 10.6 Å². The van der Waals surface area contributed by atoms with E-state index < -0.39 is 65.0 Å². The smallest absolute Gasteiger partial charge is 0.394 e. The highest BCUT2D eigenvalue weighted by molar-refractivity contribution is 6.31. The van der Waals surface area contributed by atoms with Crippen LogP contribution >= 0.6 is 23.2 Å². The molecule has 40 heavy (non-hydrogen) atoms. The fourth-order valence-corrected chi connectivity index (χ4v) is 5.74. The molecule has 0 saturated carbocycles. The van der Waals surface area contributed by atoms with Gasteiger partial charge in [0.05, 0.1) is 35.4 Å². The summed E-state index contributed by atoms with van der Waals surface area (Å²) in [6, 6.07) is 6.68. The van der Waals surface area contributed by atoms with Crippen LogP contribution in [0.5, 0.6) is 0 Å². The fourth-order valence-electron chi connectivity index (χ4n) is 5.38. The molecule has 0 bridgehead atoms. The lowest BCUT2D eigenvalue weighted by molar-refractivity contribution is -0.138. The number of alkyl halides is 3. The van der Waals surface area contributed by atoms with Crippen molar-refractivity contribution in [2.75, 3.05) is 13.2 Å². The van der Waals surface area contributed by atoms with Crippen LogP contribution in [0.2, 0.25) is 10.0 Å². The Morgan fingerprint density at radius 3 is 2.42 bits per heavy atom. The third kappa shape index (κ3) is 6.72. The number of hydrogen-bond acceptors (Lipinski definition) is 5. The van der Waals surface area contributed by atoms with Gasteiger partial charge in [0, 0.05) is 23.5 Å². The van der Waals surface area contributed by atoms with Crippen molar-refractivity contribution in [1.29, 1.82) is 5.26 Å². The number of nitrogens with zero attached hydrogens (tertiary/aromatic N) is 1. The molecular formula is C28H31Cl2F4N3O3. The van der Waals surface area contributed by atoms with Crippen LogP contribution in [-0.2, 0) is 16.4 Å². The van der Waals surface area contributed by atoms with E-state index in [1.807, 2.05) is 20.8 Å². The number of amides is 1. The van der Waals surface area contributed by atoms with Crippen LogP contribution in [0, 0.1) is 22.6 Å². The molecule has 218 valence electrons. The maximum Gasteiger partial charge on any atom is 0.416 e. The summed E-state index contributed by atoms with van der Waals surface area (Å²) in [7, 11) is 0. The number of nitriles is 1. The lowest BCUT2D eigenvalue weighted by Crippen LogP contribution is -2.46. The summed E-state index contributed by atoms with van der Waals surface area (Å²) in [4.78, 5) is 13.6. The largest absolute Gasteiger partial charge is 0.416 e. The van der Waals surface area contributed by atoms with Gasteiger partial charge in [0.15, 0.2) is 0 Å². The topological polar surface area (TPSA) is 105 Å². The first kappa shape index (κ1) is 32.1. The van der Waals surface area contributed by atoms with Crippen molar-refractivity contribution >= 4 is 29.1 Å². The second kappa shape index (κ2) is 12.2. The van der Waals surface area contributed by atoms with Gasteiger partial charge < -0.3 is 20.8 Å². The van der Waals surface area contributed by atoms with Gasteiger partial charge >= 0.3 is 6.18 Å². The summed E-state index contributed by atoms with van der Waals surface area (Å²) in [6.07, 6.45) is -5.76. The SMILES string of the molecule is CC(C)(C)CC1NC(C(=O)NCC[C@H](O)CO)C(c2ccc(F)c(Cl)c2)C1(C#N)c1ccc(Cl)cc1C(F)(F)F. The Bertz CT molecular complexity index is 1280. The lowest BCUT2D eigenvalue weighted by Gasteiger charge is -2.38. The second-order valence-corrected chi connectivity index (χ2v) is 12.0. The van der Waals surface area contributed by atoms with Crippen LogP contribution in [0.25, 0.3) is 0 Å². The highest BCUT2D eigenvalue weighted by atomic mass is 35.5. The molecule has 2 aromatic rings. The molecule has 1 fully saturated rings. The van der Waals surface area contributed by atoms with Gasteiger partial charge in [-0.2, -0.15) is 18.4 Å². The normalized spacial score (nSPS) is 24.0. The van der Waals surface area contributed by atoms with E-state index in [0.29, 0.717) is 0 Å². The molecule has 0 aromatic heterocycles. The minimum Gasteiger partial charge on any atom is -0.394 e. The third-order valence-electron chi connectivity index (χ3n) is 7.06. The Labute approximate surface area is 240 Å². The van der Waals surface area contributed by atoms with Gasteiger partial charge in [-0.15, -0.1) is 0 Å². The Morgan fingerprint density at radius 2 is 1.88 bits per heavy atom. The van der Waals surface area contributed by atoms with E-state index in [1.165, 1.54) is 18.2 Å². The first-order valence-corrected chi connectivity index (χ1v) is 13.4. The van der Waals surface area contributed by atoms with E-state index in [9.17, 15) is 32.7 Å². The van der Waals surface area contributed by atoms with E-state index in [1.54, 1.807) is 0 Å². The highest BCUT2D eigenvalue weighted by Gasteiger charge is 2.61. The lowest BCUT2D eigenvalue weighted by atomic mass is 9.62. The molecule has 6 nitrogen and oxygen atoms in total. The molecular weight excluding hydrogens is 573 g/mol. The zero-order chi connectivity index (χ0) is 30.0. The highest BCUT2D eigenvalue weighted by Crippen LogP contribution is 2.54. The van der Waals surface area contributed by atoms with Crippen LogP contribution in [0.15, 0.2) is 36.4 Å². The second-order valence-electron chi connectivity index (χ2n) is 11.2. The molecule has 1 aliphatic heterocycles. The van der Waals surface area contributed by atoms with Gasteiger partial charge in [0.25, 0.3) is 0 Å². The van der Waals surface area contributed by atoms with Crippen LogP contribution in [0.3, 0.4) is 0 Å². The number of carbonyl (C=O) groups is 1. The molecule has 1 aliphatic rings. The minimum absolute atomic E-state index is 0.0201. The van der Waals surface area contributed by atoms with Gasteiger partial charge in [-0.1, -0.05) is 56.1 Å². The average molecular weight is 604 g/mol.